The fourth-order valence-electron chi connectivity index (χ4n) is 3.96. The van der Waals surface area contributed by atoms with Gasteiger partial charge in [-0.2, -0.15) is 0 Å². The average Bonchev–Trinajstić information content (AvgIpc) is 2.93. The van der Waals surface area contributed by atoms with Crippen LogP contribution in [0, 0.1) is 0 Å². The molecule has 3 aromatic carbocycles. The van der Waals surface area contributed by atoms with Gasteiger partial charge in [0.25, 0.3) is 0 Å². The predicted molar refractivity (Wildman–Crippen MR) is 153 cm³/mol. The van der Waals surface area contributed by atoms with E-state index in [-0.39, 0.29) is 17.1 Å². The van der Waals surface area contributed by atoms with Crippen LogP contribution in [0.15, 0.2) is 78.9 Å². The monoisotopic (exact) mass is 548 g/mol. The third kappa shape index (κ3) is 7.05. The third-order valence-electron chi connectivity index (χ3n) is 5.97. The molecule has 0 aliphatic rings. The SMILES string of the molecule is COC(=O)c1cccc(C(SCCC(=O)N(C)C)c2cccc(OCc3ccc4ccc(Cl)cc4n3)c2)c1. The number of thioether (sulfide) groups is 1. The Morgan fingerprint density at radius 1 is 0.974 bits per heavy atom. The van der Waals surface area contributed by atoms with Gasteiger partial charge < -0.3 is 14.4 Å². The molecule has 1 aromatic heterocycles. The van der Waals surface area contributed by atoms with Crippen LogP contribution in [-0.2, 0) is 16.1 Å². The zero-order chi connectivity index (χ0) is 27.1. The van der Waals surface area contributed by atoms with Gasteiger partial charge in [-0.05, 0) is 53.6 Å². The van der Waals surface area contributed by atoms with Crippen LogP contribution in [0.25, 0.3) is 10.9 Å². The van der Waals surface area contributed by atoms with Gasteiger partial charge in [-0.15, -0.1) is 11.8 Å². The van der Waals surface area contributed by atoms with E-state index in [0.717, 1.165) is 27.7 Å². The van der Waals surface area contributed by atoms with E-state index in [1.54, 1.807) is 36.8 Å². The van der Waals surface area contributed by atoms with E-state index in [2.05, 4.69) is 4.98 Å². The van der Waals surface area contributed by atoms with Crippen LogP contribution in [0.1, 0.15) is 38.8 Å². The Labute approximate surface area is 231 Å². The number of hydrogen-bond donors (Lipinski definition) is 0. The molecule has 1 unspecified atom stereocenters. The summed E-state index contributed by atoms with van der Waals surface area (Å²) in [6.07, 6.45) is 0.415. The van der Waals surface area contributed by atoms with Crippen molar-refractivity contribution in [3.05, 3.63) is 106 Å². The summed E-state index contributed by atoms with van der Waals surface area (Å²) in [5, 5.41) is 1.55. The molecule has 0 N–H and O–H groups in total. The van der Waals surface area contributed by atoms with Gasteiger partial charge >= 0.3 is 5.97 Å². The summed E-state index contributed by atoms with van der Waals surface area (Å²) in [6.45, 7) is 0.304. The molecule has 0 spiro atoms. The van der Waals surface area contributed by atoms with Gasteiger partial charge in [-0.1, -0.05) is 48.0 Å². The highest BCUT2D eigenvalue weighted by Gasteiger charge is 2.19. The summed E-state index contributed by atoms with van der Waals surface area (Å²) in [4.78, 5) is 30.6. The second-order valence-corrected chi connectivity index (χ2v) is 10.6. The highest BCUT2D eigenvalue weighted by Crippen LogP contribution is 2.38. The largest absolute Gasteiger partial charge is 0.487 e. The molecule has 8 heteroatoms. The van der Waals surface area contributed by atoms with Crippen molar-refractivity contribution in [3.63, 3.8) is 0 Å². The highest BCUT2D eigenvalue weighted by molar-refractivity contribution is 7.99. The summed E-state index contributed by atoms with van der Waals surface area (Å²) >= 11 is 7.77. The van der Waals surface area contributed by atoms with Gasteiger partial charge in [-0.25, -0.2) is 9.78 Å². The maximum absolute atomic E-state index is 12.2. The molecule has 196 valence electrons. The summed E-state index contributed by atoms with van der Waals surface area (Å²) in [5.41, 5.74) is 4.05. The Bertz CT molecular complexity index is 1440. The lowest BCUT2D eigenvalue weighted by atomic mass is 10.0. The molecule has 0 bridgehead atoms. The fraction of sp³-hybridized carbons (Fsp3) is 0.233. The molecule has 0 aliphatic carbocycles. The summed E-state index contributed by atoms with van der Waals surface area (Å²) in [7, 11) is 4.88. The molecule has 0 radical (unpaired) electrons. The van der Waals surface area contributed by atoms with Crippen molar-refractivity contribution in [2.75, 3.05) is 27.0 Å². The molecule has 4 aromatic rings. The number of fused-ring (bicyclic) bond motifs is 1. The molecule has 38 heavy (non-hydrogen) atoms. The van der Waals surface area contributed by atoms with Crippen LogP contribution in [-0.4, -0.2) is 48.7 Å². The number of halogens is 1. The van der Waals surface area contributed by atoms with Crippen LogP contribution in [0.4, 0.5) is 0 Å². The molecule has 0 saturated carbocycles. The second-order valence-electron chi connectivity index (χ2n) is 8.91. The topological polar surface area (TPSA) is 68.7 Å². The Morgan fingerprint density at radius 3 is 2.47 bits per heavy atom. The van der Waals surface area contributed by atoms with Gasteiger partial charge in [0.15, 0.2) is 0 Å². The number of methoxy groups -OCH3 is 1. The molecular weight excluding hydrogens is 520 g/mol. The Kier molecular flexibility index (Phi) is 9.26. The number of aromatic nitrogens is 1. The lowest BCUT2D eigenvalue weighted by molar-refractivity contribution is -0.128. The van der Waals surface area contributed by atoms with E-state index in [1.807, 2.05) is 72.8 Å². The van der Waals surface area contributed by atoms with Crippen LogP contribution < -0.4 is 4.74 Å². The van der Waals surface area contributed by atoms with Crippen molar-refractivity contribution in [1.82, 2.24) is 9.88 Å². The average molecular weight is 549 g/mol. The van der Waals surface area contributed by atoms with Crippen molar-refractivity contribution in [2.45, 2.75) is 18.3 Å². The zero-order valence-corrected chi connectivity index (χ0v) is 23.1. The van der Waals surface area contributed by atoms with Crippen LogP contribution in [0.3, 0.4) is 0 Å². The predicted octanol–water partition coefficient (Wildman–Crippen LogP) is 6.55. The zero-order valence-electron chi connectivity index (χ0n) is 21.5. The fourth-order valence-corrected chi connectivity index (χ4v) is 5.33. The van der Waals surface area contributed by atoms with Crippen LogP contribution in [0.5, 0.6) is 5.75 Å². The summed E-state index contributed by atoms with van der Waals surface area (Å²) in [5.74, 6) is 1.01. The highest BCUT2D eigenvalue weighted by atomic mass is 35.5. The molecule has 6 nitrogen and oxygen atoms in total. The first-order valence-electron chi connectivity index (χ1n) is 12.1. The Morgan fingerprint density at radius 2 is 1.71 bits per heavy atom. The van der Waals surface area contributed by atoms with E-state index in [1.165, 1.54) is 7.11 Å². The number of carbonyl (C=O) groups excluding carboxylic acids is 2. The number of carbonyl (C=O) groups is 2. The summed E-state index contributed by atoms with van der Waals surface area (Å²) < 4.78 is 11.0. The minimum Gasteiger partial charge on any atom is -0.487 e. The maximum atomic E-state index is 12.2. The first-order chi connectivity index (χ1) is 18.3. The smallest absolute Gasteiger partial charge is 0.337 e. The normalized spacial score (nSPS) is 11.7. The number of esters is 1. The number of benzene rings is 3. The lowest BCUT2D eigenvalue weighted by Crippen LogP contribution is -2.22. The molecule has 1 amide bonds. The van der Waals surface area contributed by atoms with E-state index in [0.29, 0.717) is 35.1 Å². The van der Waals surface area contributed by atoms with Crippen LogP contribution in [0.2, 0.25) is 5.02 Å². The lowest BCUT2D eigenvalue weighted by Gasteiger charge is -2.20. The maximum Gasteiger partial charge on any atom is 0.337 e. The number of ether oxygens (including phenoxy) is 2. The number of rotatable bonds is 10. The van der Waals surface area contributed by atoms with Crippen LogP contribution >= 0.6 is 23.4 Å². The van der Waals surface area contributed by atoms with Crippen molar-refractivity contribution >= 4 is 46.1 Å². The standard InChI is InChI=1S/C30H29ClN2O4S/c1-33(2)28(34)14-15-38-29(21-6-4-8-23(16-21)30(35)36-3)22-7-5-9-26(17-22)37-19-25-13-11-20-10-12-24(31)18-27(20)32-25/h4-13,16-18,29H,14-15,19H2,1-3H3. The molecule has 0 aliphatic heterocycles. The molecule has 0 fully saturated rings. The molecule has 4 rings (SSSR count). The first kappa shape index (κ1) is 27.5. The minimum atomic E-state index is -0.389. The van der Waals surface area contributed by atoms with E-state index < -0.39 is 0 Å². The van der Waals surface area contributed by atoms with Gasteiger partial charge in [-0.3, -0.25) is 4.79 Å². The van der Waals surface area contributed by atoms with E-state index in [9.17, 15) is 9.59 Å². The van der Waals surface area contributed by atoms with Gasteiger partial charge in [0.1, 0.15) is 12.4 Å². The molecular formula is C30H29ClN2O4S. The Balaban J connectivity index is 1.56. The first-order valence-corrected chi connectivity index (χ1v) is 13.5. The van der Waals surface area contributed by atoms with Crippen molar-refractivity contribution in [1.29, 1.82) is 0 Å². The number of hydrogen-bond acceptors (Lipinski definition) is 6. The summed E-state index contributed by atoms with van der Waals surface area (Å²) in [6, 6.07) is 24.8. The van der Waals surface area contributed by atoms with Gasteiger partial charge in [0, 0.05) is 36.7 Å². The second kappa shape index (κ2) is 12.8. The Hall–Kier alpha value is -3.55. The molecule has 1 heterocycles. The minimum absolute atomic E-state index is 0.0702. The number of pyridine rings is 1. The quantitative estimate of drug-likeness (QED) is 0.209. The van der Waals surface area contributed by atoms with E-state index >= 15 is 0 Å². The molecule has 0 saturated heterocycles. The number of nitrogens with zero attached hydrogens (tertiary/aromatic N) is 2. The third-order valence-corrected chi connectivity index (χ3v) is 7.52. The molecule has 1 atom stereocenters. The van der Waals surface area contributed by atoms with Gasteiger partial charge in [0.05, 0.1) is 29.1 Å². The van der Waals surface area contributed by atoms with Gasteiger partial charge in [0.2, 0.25) is 5.91 Å². The van der Waals surface area contributed by atoms with E-state index in [4.69, 9.17) is 21.1 Å². The van der Waals surface area contributed by atoms with Crippen molar-refractivity contribution in [2.24, 2.45) is 0 Å². The van der Waals surface area contributed by atoms with Crippen molar-refractivity contribution in [3.8, 4) is 5.75 Å². The number of amides is 1. The van der Waals surface area contributed by atoms with Crippen molar-refractivity contribution < 1.29 is 19.1 Å².